The lowest BCUT2D eigenvalue weighted by Crippen LogP contribution is -2.04. The molecule has 0 aliphatic carbocycles. The molecule has 0 spiro atoms. The number of nitrogens with zero attached hydrogens (tertiary/aromatic N) is 4. The molecule has 4 N–H and O–H groups in total. The molecule has 8 nitrogen and oxygen atoms in total. The van der Waals surface area contributed by atoms with Crippen LogP contribution in [-0.2, 0) is 0 Å². The Labute approximate surface area is 149 Å². The quantitative estimate of drug-likeness (QED) is 0.373. The first-order valence-electron chi connectivity index (χ1n) is 7.57. The van der Waals surface area contributed by atoms with Crippen molar-refractivity contribution in [2.24, 2.45) is 20.4 Å². The molecular weight excluding hydrogens is 336 g/mol. The van der Waals surface area contributed by atoms with Crippen molar-refractivity contribution < 1.29 is 20.4 Å². The molecule has 2 rings (SSSR count). The average molecular weight is 354 g/mol. The third-order valence-electron chi connectivity index (χ3n) is 3.42. The summed E-state index contributed by atoms with van der Waals surface area (Å²) >= 11 is 0. The molecule has 0 aromatic heterocycles. The van der Waals surface area contributed by atoms with Crippen molar-refractivity contribution in [2.45, 2.75) is 13.8 Å². The van der Waals surface area contributed by atoms with Crippen molar-refractivity contribution in [2.75, 3.05) is 0 Å². The van der Waals surface area contributed by atoms with Crippen LogP contribution in [0.2, 0.25) is 0 Å². The van der Waals surface area contributed by atoms with Crippen LogP contribution in [0.1, 0.15) is 25.0 Å². The van der Waals surface area contributed by atoms with Gasteiger partial charge in [0, 0.05) is 11.1 Å². The maximum absolute atomic E-state index is 9.67. The van der Waals surface area contributed by atoms with E-state index in [0.29, 0.717) is 22.6 Å². The van der Waals surface area contributed by atoms with Gasteiger partial charge in [-0.1, -0.05) is 12.1 Å². The molecule has 0 fully saturated rings. The Morgan fingerprint density at radius 2 is 1.08 bits per heavy atom. The molecule has 0 atom stereocenters. The topological polar surface area (TPSA) is 130 Å². The van der Waals surface area contributed by atoms with Crippen LogP contribution in [-0.4, -0.2) is 44.3 Å². The lowest BCUT2D eigenvalue weighted by molar-refractivity contribution is 0.403. The molecule has 134 valence electrons. The summed E-state index contributed by atoms with van der Waals surface area (Å²) in [5, 5.41) is 53.7. The standard InChI is InChI=1S/C18H18N4O4/c1-11(21-19-9-13-5-3-7-15(23)17(13)25)12(2)22-20-10-14-6-4-8-16(24)18(14)26/h3-10,23-26H,1-2H3. The fourth-order valence-corrected chi connectivity index (χ4v) is 1.81. The smallest absolute Gasteiger partial charge is 0.166 e. The summed E-state index contributed by atoms with van der Waals surface area (Å²) in [6.07, 6.45) is 2.61. The molecule has 0 aliphatic heterocycles. The highest BCUT2D eigenvalue weighted by molar-refractivity contribution is 6.40. The molecule has 0 heterocycles. The van der Waals surface area contributed by atoms with Crippen molar-refractivity contribution in [1.82, 2.24) is 0 Å². The van der Waals surface area contributed by atoms with Crippen LogP contribution in [0.25, 0.3) is 0 Å². The van der Waals surface area contributed by atoms with Crippen LogP contribution in [0, 0.1) is 0 Å². The molecule has 26 heavy (non-hydrogen) atoms. The molecule has 8 heteroatoms. The fraction of sp³-hybridized carbons (Fsp3) is 0.111. The Hall–Kier alpha value is -3.68. The van der Waals surface area contributed by atoms with Crippen molar-refractivity contribution in [1.29, 1.82) is 0 Å². The third-order valence-corrected chi connectivity index (χ3v) is 3.42. The van der Waals surface area contributed by atoms with E-state index in [-0.39, 0.29) is 23.0 Å². The maximum Gasteiger partial charge on any atom is 0.166 e. The zero-order chi connectivity index (χ0) is 19.1. The molecule has 0 amide bonds. The summed E-state index contributed by atoms with van der Waals surface area (Å²) in [6, 6.07) is 9.03. The summed E-state index contributed by atoms with van der Waals surface area (Å²) in [5.41, 5.74) is 1.62. The first-order valence-corrected chi connectivity index (χ1v) is 7.57. The van der Waals surface area contributed by atoms with Crippen LogP contribution in [0.5, 0.6) is 23.0 Å². The zero-order valence-electron chi connectivity index (χ0n) is 14.2. The molecule has 0 saturated carbocycles. The van der Waals surface area contributed by atoms with Crippen LogP contribution in [0.3, 0.4) is 0 Å². The number of hydrogen-bond acceptors (Lipinski definition) is 8. The lowest BCUT2D eigenvalue weighted by Gasteiger charge is -2.00. The predicted octanol–water partition coefficient (Wildman–Crippen LogP) is 2.80. The van der Waals surface area contributed by atoms with Gasteiger partial charge in [-0.3, -0.25) is 0 Å². The Bertz CT molecular complexity index is 842. The van der Waals surface area contributed by atoms with E-state index in [9.17, 15) is 20.4 Å². The van der Waals surface area contributed by atoms with Crippen LogP contribution in [0.4, 0.5) is 0 Å². The average Bonchev–Trinajstić information content (AvgIpc) is 2.62. The van der Waals surface area contributed by atoms with Gasteiger partial charge < -0.3 is 20.4 Å². The fourth-order valence-electron chi connectivity index (χ4n) is 1.81. The molecule has 0 radical (unpaired) electrons. The maximum atomic E-state index is 9.67. The van der Waals surface area contributed by atoms with Gasteiger partial charge in [-0.15, -0.1) is 0 Å². The number of hydrogen-bond donors (Lipinski definition) is 4. The molecule has 0 aliphatic rings. The number of para-hydroxylation sites is 2. The Balaban J connectivity index is 2.09. The third kappa shape index (κ3) is 4.67. The van der Waals surface area contributed by atoms with E-state index in [1.807, 2.05) is 0 Å². The molecule has 2 aromatic rings. The van der Waals surface area contributed by atoms with Gasteiger partial charge in [0.15, 0.2) is 23.0 Å². The molecule has 0 bridgehead atoms. The van der Waals surface area contributed by atoms with Crippen molar-refractivity contribution in [3.8, 4) is 23.0 Å². The number of phenols is 4. The van der Waals surface area contributed by atoms with E-state index in [2.05, 4.69) is 20.4 Å². The summed E-state index contributed by atoms with van der Waals surface area (Å²) < 4.78 is 0. The monoisotopic (exact) mass is 354 g/mol. The van der Waals surface area contributed by atoms with Gasteiger partial charge in [-0.2, -0.15) is 20.4 Å². The summed E-state index contributed by atoms with van der Waals surface area (Å²) in [6.45, 7) is 3.36. The van der Waals surface area contributed by atoms with E-state index in [4.69, 9.17) is 0 Å². The van der Waals surface area contributed by atoms with Crippen LogP contribution >= 0.6 is 0 Å². The first kappa shape index (κ1) is 18.7. The van der Waals surface area contributed by atoms with Crippen molar-refractivity contribution >= 4 is 23.9 Å². The number of aromatic hydroxyl groups is 4. The first-order chi connectivity index (χ1) is 12.4. The number of rotatable bonds is 5. The van der Waals surface area contributed by atoms with Crippen molar-refractivity contribution in [3.05, 3.63) is 47.5 Å². The van der Waals surface area contributed by atoms with Gasteiger partial charge in [0.25, 0.3) is 0 Å². The Kier molecular flexibility index (Phi) is 6.05. The highest BCUT2D eigenvalue weighted by atomic mass is 16.3. The summed E-state index contributed by atoms with van der Waals surface area (Å²) in [7, 11) is 0. The molecular formula is C18H18N4O4. The second-order valence-electron chi connectivity index (χ2n) is 5.29. The largest absolute Gasteiger partial charge is 0.504 e. The van der Waals surface area contributed by atoms with Gasteiger partial charge >= 0.3 is 0 Å². The van der Waals surface area contributed by atoms with Gasteiger partial charge in [0.05, 0.1) is 23.9 Å². The Morgan fingerprint density at radius 1 is 0.692 bits per heavy atom. The second-order valence-corrected chi connectivity index (χ2v) is 5.29. The van der Waals surface area contributed by atoms with E-state index >= 15 is 0 Å². The highest BCUT2D eigenvalue weighted by Crippen LogP contribution is 2.27. The van der Waals surface area contributed by atoms with Gasteiger partial charge in [-0.25, -0.2) is 0 Å². The summed E-state index contributed by atoms with van der Waals surface area (Å²) in [4.78, 5) is 0. The number of phenolic OH excluding ortho intramolecular Hbond substituents is 4. The SMILES string of the molecule is CC(=NN=Cc1cccc(O)c1O)C(C)=NN=Cc1cccc(O)c1O. The van der Waals surface area contributed by atoms with Crippen LogP contribution < -0.4 is 0 Å². The van der Waals surface area contributed by atoms with Gasteiger partial charge in [0.1, 0.15) is 0 Å². The highest BCUT2D eigenvalue weighted by Gasteiger charge is 2.04. The zero-order valence-corrected chi connectivity index (χ0v) is 14.2. The minimum Gasteiger partial charge on any atom is -0.504 e. The summed E-state index contributed by atoms with van der Waals surface area (Å²) in [5.74, 6) is -1.02. The predicted molar refractivity (Wildman–Crippen MR) is 101 cm³/mol. The lowest BCUT2D eigenvalue weighted by atomic mass is 10.2. The minimum atomic E-state index is -0.273. The molecule has 2 aromatic carbocycles. The molecule has 0 unspecified atom stereocenters. The van der Waals surface area contributed by atoms with Crippen LogP contribution in [0.15, 0.2) is 56.8 Å². The van der Waals surface area contributed by atoms with Gasteiger partial charge in [0.2, 0.25) is 0 Å². The number of benzene rings is 2. The minimum absolute atomic E-state index is 0.239. The van der Waals surface area contributed by atoms with E-state index in [1.165, 1.54) is 24.6 Å². The van der Waals surface area contributed by atoms with Crippen molar-refractivity contribution in [3.63, 3.8) is 0 Å². The Morgan fingerprint density at radius 3 is 1.46 bits per heavy atom. The normalized spacial score (nSPS) is 13.0. The van der Waals surface area contributed by atoms with E-state index in [0.717, 1.165) is 0 Å². The second kappa shape index (κ2) is 8.43. The van der Waals surface area contributed by atoms with E-state index < -0.39 is 0 Å². The van der Waals surface area contributed by atoms with Gasteiger partial charge in [-0.05, 0) is 38.1 Å². The molecule has 0 saturated heterocycles. The van der Waals surface area contributed by atoms with E-state index in [1.54, 1.807) is 38.1 Å².